The Morgan fingerprint density at radius 2 is 2.09 bits per heavy atom. The Morgan fingerprint density at radius 3 is 2.85 bits per heavy atom. The molecule has 4 heterocycles. The zero-order valence-corrected chi connectivity index (χ0v) is 19.4. The van der Waals surface area contributed by atoms with Crippen LogP contribution in [-0.2, 0) is 11.3 Å². The molecule has 2 aromatic heterocycles. The van der Waals surface area contributed by atoms with Gasteiger partial charge in [0.15, 0.2) is 5.82 Å². The number of fused-ring (bicyclic) bond motifs is 1. The van der Waals surface area contributed by atoms with Gasteiger partial charge in [-0.3, -0.25) is 9.69 Å². The molecule has 2 atom stereocenters. The lowest BCUT2D eigenvalue weighted by Crippen LogP contribution is -2.40. The topological polar surface area (TPSA) is 98.2 Å². The molecule has 2 saturated heterocycles. The van der Waals surface area contributed by atoms with Crippen molar-refractivity contribution in [1.29, 1.82) is 0 Å². The summed E-state index contributed by atoms with van der Waals surface area (Å²) in [5.74, 6) is 2.16. The van der Waals surface area contributed by atoms with Crippen LogP contribution in [0.3, 0.4) is 0 Å². The zero-order chi connectivity index (χ0) is 22.8. The van der Waals surface area contributed by atoms with Gasteiger partial charge in [-0.05, 0) is 86.3 Å². The Balaban J connectivity index is 1.58. The molecular weight excluding hydrogens is 420 g/mol. The average Bonchev–Trinajstić information content (AvgIpc) is 3.49. The molecule has 2 fully saturated rings. The molecule has 2 aliphatic rings. The van der Waals surface area contributed by atoms with Gasteiger partial charge in [-0.15, -0.1) is 5.10 Å². The van der Waals surface area contributed by atoms with Crippen LogP contribution in [0.1, 0.15) is 57.0 Å². The fourth-order valence-electron chi connectivity index (χ4n) is 4.97. The van der Waals surface area contributed by atoms with Gasteiger partial charge in [-0.1, -0.05) is 6.92 Å². The molecule has 9 heteroatoms. The van der Waals surface area contributed by atoms with Crippen molar-refractivity contribution >= 4 is 10.9 Å². The van der Waals surface area contributed by atoms with Crippen LogP contribution in [-0.4, -0.2) is 62.5 Å². The van der Waals surface area contributed by atoms with Crippen LogP contribution in [0.2, 0.25) is 0 Å². The molecule has 3 aromatic rings. The summed E-state index contributed by atoms with van der Waals surface area (Å²) in [5.41, 5.74) is 1.34. The van der Waals surface area contributed by atoms with Crippen LogP contribution in [0.5, 0.6) is 5.75 Å². The molecule has 2 aliphatic heterocycles. The number of aromatic amines is 1. The van der Waals surface area contributed by atoms with Crippen LogP contribution in [0.15, 0.2) is 29.1 Å². The number of likely N-dealkylation sites (tertiary alicyclic amines) is 1. The molecule has 176 valence electrons. The molecule has 33 heavy (non-hydrogen) atoms. The summed E-state index contributed by atoms with van der Waals surface area (Å²) < 4.78 is 13.3. The highest BCUT2D eigenvalue weighted by Crippen LogP contribution is 2.31. The zero-order valence-electron chi connectivity index (χ0n) is 19.4. The van der Waals surface area contributed by atoms with E-state index in [0.717, 1.165) is 62.0 Å². The van der Waals surface area contributed by atoms with Crippen LogP contribution >= 0.6 is 0 Å². The molecule has 9 nitrogen and oxygen atoms in total. The summed E-state index contributed by atoms with van der Waals surface area (Å²) in [6.07, 6.45) is 4.34. The number of nitrogens with zero attached hydrogens (tertiary/aromatic N) is 5. The van der Waals surface area contributed by atoms with E-state index in [1.54, 1.807) is 0 Å². The monoisotopic (exact) mass is 452 g/mol. The fourth-order valence-corrected chi connectivity index (χ4v) is 4.97. The minimum absolute atomic E-state index is 0.109. The van der Waals surface area contributed by atoms with E-state index in [1.807, 2.05) is 35.9 Å². The fraction of sp³-hybridized carbons (Fsp3) is 0.583. The number of hydrogen-bond donors (Lipinski definition) is 1. The van der Waals surface area contributed by atoms with E-state index in [9.17, 15) is 4.79 Å². The Bertz CT molecular complexity index is 1140. The third-order valence-corrected chi connectivity index (χ3v) is 6.84. The molecule has 0 unspecified atom stereocenters. The van der Waals surface area contributed by atoms with Crippen molar-refractivity contribution in [2.45, 2.75) is 58.2 Å². The molecule has 0 bridgehead atoms. The summed E-state index contributed by atoms with van der Waals surface area (Å²) in [7, 11) is 0. The van der Waals surface area contributed by atoms with E-state index in [-0.39, 0.29) is 17.7 Å². The molecule has 0 amide bonds. The second kappa shape index (κ2) is 9.61. The number of rotatable bonds is 7. The first-order valence-electron chi connectivity index (χ1n) is 12.0. The quantitative estimate of drug-likeness (QED) is 0.588. The minimum Gasteiger partial charge on any atom is -0.494 e. The number of tetrazole rings is 1. The van der Waals surface area contributed by atoms with Gasteiger partial charge in [0.1, 0.15) is 11.8 Å². The number of aromatic nitrogens is 5. The molecule has 0 aliphatic carbocycles. The lowest BCUT2D eigenvalue weighted by molar-refractivity contribution is 0.0894. The third-order valence-electron chi connectivity index (χ3n) is 6.84. The lowest BCUT2D eigenvalue weighted by Gasteiger charge is -2.36. The van der Waals surface area contributed by atoms with Crippen molar-refractivity contribution in [2.24, 2.45) is 5.92 Å². The standard InChI is InChI=1S/C24H32N6O3/c1-3-32-18-6-7-21-17(13-18)14-20(24(31)25-21)22(29-10-8-16(2)9-11-29)23-26-27-28-30(23)15-19-5-4-12-33-19/h6-7,13-14,16,19,22H,3-5,8-12,15H2,1-2H3,(H,25,31)/t19-,22-/m1/s1. The minimum atomic E-state index is -0.321. The molecule has 0 radical (unpaired) electrons. The van der Waals surface area contributed by atoms with E-state index in [1.165, 1.54) is 0 Å². The van der Waals surface area contributed by atoms with Crippen LogP contribution in [0.25, 0.3) is 10.9 Å². The van der Waals surface area contributed by atoms with E-state index in [0.29, 0.717) is 30.5 Å². The summed E-state index contributed by atoms with van der Waals surface area (Å²) in [6, 6.07) is 7.41. The van der Waals surface area contributed by atoms with E-state index in [2.05, 4.69) is 32.3 Å². The van der Waals surface area contributed by atoms with Crippen LogP contribution in [0.4, 0.5) is 0 Å². The van der Waals surface area contributed by atoms with Gasteiger partial charge < -0.3 is 14.5 Å². The first-order chi connectivity index (χ1) is 16.1. The Kier molecular flexibility index (Phi) is 6.41. The molecule has 0 saturated carbocycles. The predicted molar refractivity (Wildman–Crippen MR) is 124 cm³/mol. The third kappa shape index (κ3) is 4.65. The maximum absolute atomic E-state index is 13.3. The largest absolute Gasteiger partial charge is 0.494 e. The van der Waals surface area contributed by atoms with Crippen molar-refractivity contribution < 1.29 is 9.47 Å². The van der Waals surface area contributed by atoms with Crippen LogP contribution < -0.4 is 10.3 Å². The van der Waals surface area contributed by atoms with Gasteiger partial charge in [-0.25, -0.2) is 4.68 Å². The number of hydrogen-bond acceptors (Lipinski definition) is 7. The van der Waals surface area contributed by atoms with E-state index < -0.39 is 0 Å². The highest BCUT2D eigenvalue weighted by Gasteiger charge is 2.33. The first-order valence-corrected chi connectivity index (χ1v) is 12.0. The number of ether oxygens (including phenoxy) is 2. The van der Waals surface area contributed by atoms with Gasteiger partial charge in [0.05, 0.1) is 19.3 Å². The number of H-pyrrole nitrogens is 1. The Hall–Kier alpha value is -2.78. The van der Waals surface area contributed by atoms with E-state index in [4.69, 9.17) is 9.47 Å². The highest BCUT2D eigenvalue weighted by molar-refractivity contribution is 5.80. The Labute approximate surface area is 193 Å². The smallest absolute Gasteiger partial charge is 0.253 e. The van der Waals surface area contributed by atoms with E-state index >= 15 is 0 Å². The second-order valence-corrected chi connectivity index (χ2v) is 9.21. The predicted octanol–water partition coefficient (Wildman–Crippen LogP) is 2.91. The van der Waals surface area contributed by atoms with Crippen molar-refractivity contribution in [3.8, 4) is 5.75 Å². The van der Waals surface area contributed by atoms with Crippen molar-refractivity contribution in [3.63, 3.8) is 0 Å². The lowest BCUT2D eigenvalue weighted by atomic mass is 9.95. The number of pyridine rings is 1. The van der Waals surface area contributed by atoms with Crippen molar-refractivity contribution in [1.82, 2.24) is 30.1 Å². The maximum atomic E-state index is 13.3. The molecular formula is C24H32N6O3. The number of piperidine rings is 1. The molecule has 0 spiro atoms. The maximum Gasteiger partial charge on any atom is 0.253 e. The number of nitrogens with one attached hydrogen (secondary N) is 1. The van der Waals surface area contributed by atoms with Gasteiger partial charge in [-0.2, -0.15) is 0 Å². The first kappa shape index (κ1) is 22.0. The second-order valence-electron chi connectivity index (χ2n) is 9.21. The summed E-state index contributed by atoms with van der Waals surface area (Å²) >= 11 is 0. The molecule has 1 N–H and O–H groups in total. The summed E-state index contributed by atoms with van der Waals surface area (Å²) in [5, 5.41) is 13.6. The SMILES string of the molecule is CCOc1ccc2[nH]c(=O)c([C@H](c3nnnn3C[C@H]3CCCO3)N3CCC(C)CC3)cc2c1. The van der Waals surface area contributed by atoms with Crippen molar-refractivity contribution in [3.05, 3.63) is 46.0 Å². The molecule has 5 rings (SSSR count). The van der Waals surface area contributed by atoms with Crippen molar-refractivity contribution in [2.75, 3.05) is 26.3 Å². The Morgan fingerprint density at radius 1 is 1.24 bits per heavy atom. The van der Waals surface area contributed by atoms with Gasteiger partial charge >= 0.3 is 0 Å². The molecule has 1 aromatic carbocycles. The number of benzene rings is 1. The van der Waals surface area contributed by atoms with Gasteiger partial charge in [0.2, 0.25) is 0 Å². The average molecular weight is 453 g/mol. The summed E-state index contributed by atoms with van der Waals surface area (Å²) in [6.45, 7) is 8.01. The highest BCUT2D eigenvalue weighted by atomic mass is 16.5. The summed E-state index contributed by atoms with van der Waals surface area (Å²) in [4.78, 5) is 18.7. The van der Waals surface area contributed by atoms with Gasteiger partial charge in [0, 0.05) is 23.1 Å². The normalized spacial score (nSPS) is 21.0. The van der Waals surface area contributed by atoms with Gasteiger partial charge in [0.25, 0.3) is 5.56 Å². The van der Waals surface area contributed by atoms with Crippen LogP contribution in [0, 0.1) is 5.92 Å².